The third-order valence-electron chi connectivity index (χ3n) is 2.75. The van der Waals surface area contributed by atoms with Crippen molar-refractivity contribution in [3.05, 3.63) is 30.3 Å². The fourth-order valence-electron chi connectivity index (χ4n) is 2.01. The smallest absolute Gasteiger partial charge is 0.127 e. The summed E-state index contributed by atoms with van der Waals surface area (Å²) in [5.41, 5.74) is 0. The highest BCUT2D eigenvalue weighted by atomic mass is 16.6. The van der Waals surface area contributed by atoms with E-state index in [0.717, 1.165) is 12.2 Å². The molecule has 1 saturated heterocycles. The van der Waals surface area contributed by atoms with Crippen molar-refractivity contribution in [2.75, 3.05) is 0 Å². The van der Waals surface area contributed by atoms with Gasteiger partial charge in [0.15, 0.2) is 0 Å². The van der Waals surface area contributed by atoms with Crippen molar-refractivity contribution in [3.63, 3.8) is 0 Å². The molecule has 2 fully saturated rings. The molecule has 68 valence electrons. The van der Waals surface area contributed by atoms with E-state index < -0.39 is 0 Å². The highest BCUT2D eigenvalue weighted by Crippen LogP contribution is 2.40. The van der Waals surface area contributed by atoms with E-state index in [2.05, 4.69) is 0 Å². The fraction of sp³-hybridized carbons (Fsp3) is 0.455. The van der Waals surface area contributed by atoms with E-state index in [0.29, 0.717) is 18.3 Å². The Morgan fingerprint density at radius 2 is 2.00 bits per heavy atom. The number of epoxide rings is 1. The van der Waals surface area contributed by atoms with Crippen LogP contribution in [0.4, 0.5) is 0 Å². The van der Waals surface area contributed by atoms with Gasteiger partial charge in [-0.2, -0.15) is 0 Å². The van der Waals surface area contributed by atoms with Crippen LogP contribution in [0.5, 0.6) is 5.75 Å². The molecule has 0 aromatic heterocycles. The zero-order chi connectivity index (χ0) is 8.67. The van der Waals surface area contributed by atoms with Crippen molar-refractivity contribution in [1.82, 2.24) is 0 Å². The van der Waals surface area contributed by atoms with E-state index in [4.69, 9.17) is 9.47 Å². The molecule has 0 radical (unpaired) electrons. The molecule has 2 nitrogen and oxygen atoms in total. The second-order valence-electron chi connectivity index (χ2n) is 3.69. The Labute approximate surface area is 77.5 Å². The molecule has 2 heteroatoms. The molecule has 1 aliphatic heterocycles. The Hall–Kier alpha value is -1.02. The standard InChI is InChI=1S/C11H12O2/c1-2-4-8(5-3-1)12-9-6-7-10-11(9)13-10/h1-5,9-11H,6-7H2. The highest BCUT2D eigenvalue weighted by molar-refractivity contribution is 5.22. The van der Waals surface area contributed by atoms with E-state index in [1.54, 1.807) is 0 Å². The van der Waals surface area contributed by atoms with E-state index >= 15 is 0 Å². The number of fused-ring (bicyclic) bond motifs is 1. The summed E-state index contributed by atoms with van der Waals surface area (Å²) in [4.78, 5) is 0. The molecule has 1 aromatic carbocycles. The summed E-state index contributed by atoms with van der Waals surface area (Å²) in [5.74, 6) is 0.962. The number of hydrogen-bond acceptors (Lipinski definition) is 2. The van der Waals surface area contributed by atoms with Crippen molar-refractivity contribution < 1.29 is 9.47 Å². The Morgan fingerprint density at radius 3 is 2.62 bits per heavy atom. The largest absolute Gasteiger partial charge is 0.488 e. The summed E-state index contributed by atoms with van der Waals surface area (Å²) < 4.78 is 11.2. The number of ether oxygens (including phenoxy) is 2. The predicted molar refractivity (Wildman–Crippen MR) is 48.8 cm³/mol. The van der Waals surface area contributed by atoms with Crippen LogP contribution in [0.15, 0.2) is 30.3 Å². The van der Waals surface area contributed by atoms with E-state index in [1.165, 1.54) is 6.42 Å². The lowest BCUT2D eigenvalue weighted by Gasteiger charge is -2.13. The van der Waals surface area contributed by atoms with Gasteiger partial charge in [0.05, 0.1) is 6.10 Å². The van der Waals surface area contributed by atoms with Crippen LogP contribution < -0.4 is 4.74 Å². The summed E-state index contributed by atoms with van der Waals surface area (Å²) in [6, 6.07) is 9.98. The van der Waals surface area contributed by atoms with Gasteiger partial charge in [-0.15, -0.1) is 0 Å². The van der Waals surface area contributed by atoms with Crippen LogP contribution in [0, 0.1) is 0 Å². The number of rotatable bonds is 2. The lowest BCUT2D eigenvalue weighted by molar-refractivity contribution is 0.141. The second kappa shape index (κ2) is 2.74. The van der Waals surface area contributed by atoms with E-state index in [1.807, 2.05) is 30.3 Å². The first-order valence-corrected chi connectivity index (χ1v) is 4.81. The maximum atomic E-state index is 5.80. The summed E-state index contributed by atoms with van der Waals surface area (Å²) in [7, 11) is 0. The first-order chi connectivity index (χ1) is 6.43. The molecular weight excluding hydrogens is 164 g/mol. The highest BCUT2D eigenvalue weighted by Gasteiger charge is 2.51. The molecule has 13 heavy (non-hydrogen) atoms. The molecule has 1 aliphatic carbocycles. The van der Waals surface area contributed by atoms with Gasteiger partial charge in [0, 0.05) is 0 Å². The van der Waals surface area contributed by atoms with Gasteiger partial charge in [-0.3, -0.25) is 0 Å². The molecule has 0 N–H and O–H groups in total. The van der Waals surface area contributed by atoms with Crippen molar-refractivity contribution in [2.24, 2.45) is 0 Å². The first kappa shape index (κ1) is 7.39. The lowest BCUT2D eigenvalue weighted by atomic mass is 10.3. The first-order valence-electron chi connectivity index (χ1n) is 4.81. The molecule has 0 bridgehead atoms. The van der Waals surface area contributed by atoms with Gasteiger partial charge in [0.1, 0.15) is 18.0 Å². The minimum absolute atomic E-state index is 0.299. The number of para-hydroxylation sites is 1. The number of benzene rings is 1. The molecule has 1 saturated carbocycles. The Bertz CT molecular complexity index is 296. The summed E-state index contributed by atoms with van der Waals surface area (Å²) >= 11 is 0. The van der Waals surface area contributed by atoms with Crippen LogP contribution in [0.3, 0.4) is 0 Å². The van der Waals surface area contributed by atoms with E-state index in [-0.39, 0.29) is 0 Å². The Balaban J connectivity index is 1.69. The van der Waals surface area contributed by atoms with Crippen molar-refractivity contribution in [3.8, 4) is 5.75 Å². The van der Waals surface area contributed by atoms with Crippen molar-refractivity contribution in [2.45, 2.75) is 31.2 Å². The van der Waals surface area contributed by atoms with Gasteiger partial charge in [-0.05, 0) is 25.0 Å². The zero-order valence-corrected chi connectivity index (χ0v) is 7.35. The van der Waals surface area contributed by atoms with Gasteiger partial charge < -0.3 is 9.47 Å². The molecule has 2 aliphatic rings. The van der Waals surface area contributed by atoms with Crippen LogP contribution in [0.25, 0.3) is 0 Å². The monoisotopic (exact) mass is 176 g/mol. The second-order valence-corrected chi connectivity index (χ2v) is 3.69. The SMILES string of the molecule is c1ccc(OC2CCC3OC23)cc1. The topological polar surface area (TPSA) is 21.8 Å². The average Bonchev–Trinajstić information content (AvgIpc) is 2.86. The average molecular weight is 176 g/mol. The van der Waals surface area contributed by atoms with E-state index in [9.17, 15) is 0 Å². The molecule has 3 rings (SSSR count). The van der Waals surface area contributed by atoms with Crippen LogP contribution in [0.1, 0.15) is 12.8 Å². The summed E-state index contributed by atoms with van der Waals surface area (Å²) in [6.07, 6.45) is 3.51. The molecule has 3 atom stereocenters. The quantitative estimate of drug-likeness (QED) is 0.643. The van der Waals surface area contributed by atoms with Crippen LogP contribution in [0.2, 0.25) is 0 Å². The predicted octanol–water partition coefficient (Wildman–Crippen LogP) is 2.00. The third-order valence-corrected chi connectivity index (χ3v) is 2.75. The van der Waals surface area contributed by atoms with Crippen LogP contribution in [-0.4, -0.2) is 18.3 Å². The minimum Gasteiger partial charge on any atom is -0.488 e. The maximum absolute atomic E-state index is 5.80. The normalized spacial score (nSPS) is 35.5. The maximum Gasteiger partial charge on any atom is 0.127 e. The van der Waals surface area contributed by atoms with Gasteiger partial charge in [-0.1, -0.05) is 18.2 Å². The molecule has 1 heterocycles. The molecule has 1 aromatic rings. The van der Waals surface area contributed by atoms with Crippen LogP contribution in [-0.2, 0) is 4.74 Å². The molecular formula is C11H12O2. The van der Waals surface area contributed by atoms with Gasteiger partial charge in [0.25, 0.3) is 0 Å². The van der Waals surface area contributed by atoms with Gasteiger partial charge in [-0.25, -0.2) is 0 Å². The van der Waals surface area contributed by atoms with Gasteiger partial charge >= 0.3 is 0 Å². The minimum atomic E-state index is 0.299. The Kier molecular flexibility index (Phi) is 1.56. The molecule has 3 unspecified atom stereocenters. The number of hydrogen-bond donors (Lipinski definition) is 0. The zero-order valence-electron chi connectivity index (χ0n) is 7.35. The fourth-order valence-corrected chi connectivity index (χ4v) is 2.01. The van der Waals surface area contributed by atoms with Gasteiger partial charge in [0.2, 0.25) is 0 Å². The van der Waals surface area contributed by atoms with Crippen molar-refractivity contribution in [1.29, 1.82) is 0 Å². The molecule has 0 amide bonds. The molecule has 0 spiro atoms. The van der Waals surface area contributed by atoms with Crippen molar-refractivity contribution >= 4 is 0 Å². The summed E-state index contributed by atoms with van der Waals surface area (Å²) in [5, 5.41) is 0. The van der Waals surface area contributed by atoms with Crippen LogP contribution >= 0.6 is 0 Å². The summed E-state index contributed by atoms with van der Waals surface area (Å²) in [6.45, 7) is 0. The lowest BCUT2D eigenvalue weighted by Crippen LogP contribution is -2.19. The third kappa shape index (κ3) is 1.31. The Morgan fingerprint density at radius 1 is 1.15 bits per heavy atom.